The van der Waals surface area contributed by atoms with Gasteiger partial charge in [0.25, 0.3) is 5.91 Å². The van der Waals surface area contributed by atoms with Crippen molar-refractivity contribution in [1.29, 1.82) is 0 Å². The van der Waals surface area contributed by atoms with Crippen molar-refractivity contribution < 1.29 is 19.1 Å². The van der Waals surface area contributed by atoms with E-state index in [1.54, 1.807) is 7.11 Å². The Balaban J connectivity index is 2.81. The zero-order valence-electron chi connectivity index (χ0n) is 14.3. The van der Waals surface area contributed by atoms with Crippen molar-refractivity contribution in [2.24, 2.45) is 0 Å². The van der Waals surface area contributed by atoms with Gasteiger partial charge in [0, 0.05) is 13.7 Å². The molecule has 5 heteroatoms. The maximum Gasteiger partial charge on any atom is 0.339 e. The van der Waals surface area contributed by atoms with Crippen molar-refractivity contribution in [3.8, 4) is 0 Å². The highest BCUT2D eigenvalue weighted by atomic mass is 16.5. The van der Waals surface area contributed by atoms with Crippen molar-refractivity contribution in [2.75, 3.05) is 26.9 Å². The first kappa shape index (κ1) is 18.2. The quantitative estimate of drug-likeness (QED) is 0.646. The maximum absolute atomic E-state index is 12.3. The van der Waals surface area contributed by atoms with E-state index >= 15 is 0 Å². The Kier molecular flexibility index (Phi) is 6.56. The molecule has 122 valence electrons. The molecule has 1 N–H and O–H groups in total. The van der Waals surface area contributed by atoms with Gasteiger partial charge in [-0.25, -0.2) is 4.79 Å². The van der Waals surface area contributed by atoms with Gasteiger partial charge >= 0.3 is 5.97 Å². The summed E-state index contributed by atoms with van der Waals surface area (Å²) in [5, 5.41) is 2.61. The lowest BCUT2D eigenvalue weighted by molar-refractivity contribution is -0.124. The molecule has 1 amide bonds. The van der Waals surface area contributed by atoms with E-state index in [9.17, 15) is 9.59 Å². The Morgan fingerprint density at radius 2 is 1.41 bits per heavy atom. The van der Waals surface area contributed by atoms with E-state index in [0.29, 0.717) is 18.7 Å². The highest BCUT2D eigenvalue weighted by molar-refractivity contribution is 5.95. The van der Waals surface area contributed by atoms with Crippen molar-refractivity contribution in [3.05, 3.63) is 33.4 Å². The van der Waals surface area contributed by atoms with Crippen LogP contribution < -0.4 is 5.32 Å². The number of carbonyl (C=O) groups is 2. The molecule has 0 radical (unpaired) electrons. The second-order valence-electron chi connectivity index (χ2n) is 5.42. The number of rotatable bonds is 6. The number of ether oxygens (including phenoxy) is 2. The normalized spacial score (nSPS) is 10.5. The second kappa shape index (κ2) is 7.94. The summed E-state index contributed by atoms with van der Waals surface area (Å²) in [6.07, 6.45) is 0. The molecule has 1 aromatic rings. The number of hydrogen-bond acceptors (Lipinski definition) is 4. The Hall–Kier alpha value is -1.88. The molecule has 22 heavy (non-hydrogen) atoms. The smallest absolute Gasteiger partial charge is 0.339 e. The van der Waals surface area contributed by atoms with Crippen LogP contribution in [0.15, 0.2) is 0 Å². The fourth-order valence-corrected chi connectivity index (χ4v) is 2.35. The number of esters is 1. The monoisotopic (exact) mass is 307 g/mol. The molecule has 0 saturated carbocycles. The fraction of sp³-hybridized carbons (Fsp3) is 0.529. The highest BCUT2D eigenvalue weighted by Gasteiger charge is 2.20. The first-order valence-corrected chi connectivity index (χ1v) is 7.31. The van der Waals surface area contributed by atoms with E-state index in [1.807, 2.05) is 34.6 Å². The minimum atomic E-state index is -0.455. The van der Waals surface area contributed by atoms with Crippen LogP contribution in [-0.2, 0) is 14.3 Å². The van der Waals surface area contributed by atoms with Crippen LogP contribution in [0.1, 0.15) is 38.2 Å². The van der Waals surface area contributed by atoms with Crippen LogP contribution in [0, 0.1) is 34.6 Å². The lowest BCUT2D eigenvalue weighted by atomic mass is 9.90. The van der Waals surface area contributed by atoms with Gasteiger partial charge in [-0.2, -0.15) is 0 Å². The minimum absolute atomic E-state index is 0.284. The zero-order valence-corrected chi connectivity index (χ0v) is 14.3. The second-order valence-corrected chi connectivity index (χ2v) is 5.42. The standard InChI is InChI=1S/C17H25NO4/c1-10-11(2)13(4)16(14(5)12(10)3)17(20)22-9-15(19)18-7-8-21-6/h7-9H2,1-6H3,(H,18,19). The van der Waals surface area contributed by atoms with Gasteiger partial charge in [-0.1, -0.05) is 0 Å². The van der Waals surface area contributed by atoms with E-state index in [1.165, 1.54) is 5.56 Å². The molecule has 0 spiro atoms. The molecule has 0 aliphatic carbocycles. The number of amides is 1. The van der Waals surface area contributed by atoms with Crippen LogP contribution in [0.3, 0.4) is 0 Å². The van der Waals surface area contributed by atoms with E-state index in [2.05, 4.69) is 5.32 Å². The highest BCUT2D eigenvalue weighted by Crippen LogP contribution is 2.26. The summed E-state index contributed by atoms with van der Waals surface area (Å²) >= 11 is 0. The molecule has 0 fully saturated rings. The third kappa shape index (κ3) is 4.07. The van der Waals surface area contributed by atoms with E-state index in [0.717, 1.165) is 22.3 Å². The molecule has 0 unspecified atom stereocenters. The van der Waals surface area contributed by atoms with Gasteiger partial charge in [0.15, 0.2) is 6.61 Å². The summed E-state index contributed by atoms with van der Waals surface area (Å²) in [5.74, 6) is -0.788. The van der Waals surface area contributed by atoms with Crippen molar-refractivity contribution in [3.63, 3.8) is 0 Å². The molecule has 5 nitrogen and oxygen atoms in total. The molecule has 0 heterocycles. The number of carbonyl (C=O) groups excluding carboxylic acids is 2. The number of hydrogen-bond donors (Lipinski definition) is 1. The van der Waals surface area contributed by atoms with Crippen molar-refractivity contribution in [1.82, 2.24) is 5.32 Å². The first-order valence-electron chi connectivity index (χ1n) is 7.31. The van der Waals surface area contributed by atoms with E-state index in [-0.39, 0.29) is 12.5 Å². The molecule has 0 bridgehead atoms. The van der Waals surface area contributed by atoms with Gasteiger partial charge in [-0.3, -0.25) is 4.79 Å². The number of benzene rings is 1. The van der Waals surface area contributed by atoms with Crippen molar-refractivity contribution >= 4 is 11.9 Å². The fourth-order valence-electron chi connectivity index (χ4n) is 2.35. The summed E-state index contributed by atoms with van der Waals surface area (Å²) in [7, 11) is 1.56. The SMILES string of the molecule is COCCNC(=O)COC(=O)c1c(C)c(C)c(C)c(C)c1C. The van der Waals surface area contributed by atoms with Gasteiger partial charge in [-0.05, 0) is 62.4 Å². The van der Waals surface area contributed by atoms with Crippen LogP contribution >= 0.6 is 0 Å². The largest absolute Gasteiger partial charge is 0.452 e. The molecule has 0 aliphatic rings. The molecule has 0 aliphatic heterocycles. The minimum Gasteiger partial charge on any atom is -0.452 e. The van der Waals surface area contributed by atoms with Gasteiger partial charge in [0.1, 0.15) is 0 Å². The molecular formula is C17H25NO4. The predicted molar refractivity (Wildman–Crippen MR) is 85.3 cm³/mol. The van der Waals surface area contributed by atoms with Crippen LogP contribution in [0.4, 0.5) is 0 Å². The van der Waals surface area contributed by atoms with Crippen LogP contribution in [0.25, 0.3) is 0 Å². The Labute approximate surface area is 132 Å². The maximum atomic E-state index is 12.3. The Morgan fingerprint density at radius 3 is 1.91 bits per heavy atom. The average molecular weight is 307 g/mol. The van der Waals surface area contributed by atoms with E-state index in [4.69, 9.17) is 9.47 Å². The third-order valence-electron chi connectivity index (χ3n) is 4.17. The summed E-state index contributed by atoms with van der Waals surface area (Å²) in [5.41, 5.74) is 5.73. The molecule has 0 atom stereocenters. The van der Waals surface area contributed by atoms with Gasteiger partial charge < -0.3 is 14.8 Å². The lowest BCUT2D eigenvalue weighted by Gasteiger charge is -2.17. The summed E-state index contributed by atoms with van der Waals surface area (Å²) in [4.78, 5) is 23.9. The van der Waals surface area contributed by atoms with Gasteiger partial charge in [0.2, 0.25) is 0 Å². The molecule has 1 rings (SSSR count). The van der Waals surface area contributed by atoms with E-state index < -0.39 is 5.97 Å². The number of methoxy groups -OCH3 is 1. The predicted octanol–water partition coefficient (Wildman–Crippen LogP) is 2.15. The van der Waals surface area contributed by atoms with Crippen LogP contribution in [0.5, 0.6) is 0 Å². The summed E-state index contributed by atoms with van der Waals surface area (Å²) < 4.78 is 9.97. The Bertz CT molecular complexity index is 550. The first-order chi connectivity index (χ1) is 10.3. The zero-order chi connectivity index (χ0) is 16.9. The lowest BCUT2D eigenvalue weighted by Crippen LogP contribution is -2.31. The Morgan fingerprint density at radius 1 is 0.909 bits per heavy atom. The van der Waals surface area contributed by atoms with Gasteiger partial charge in [-0.15, -0.1) is 0 Å². The third-order valence-corrected chi connectivity index (χ3v) is 4.17. The average Bonchev–Trinajstić information content (AvgIpc) is 2.49. The molecule has 0 saturated heterocycles. The topological polar surface area (TPSA) is 64.6 Å². The number of nitrogens with one attached hydrogen (secondary N) is 1. The summed E-state index contributed by atoms with van der Waals surface area (Å²) in [6, 6.07) is 0. The molecular weight excluding hydrogens is 282 g/mol. The molecule has 1 aromatic carbocycles. The van der Waals surface area contributed by atoms with Crippen molar-refractivity contribution in [2.45, 2.75) is 34.6 Å². The van der Waals surface area contributed by atoms with Crippen LogP contribution in [-0.4, -0.2) is 38.7 Å². The summed E-state index contributed by atoms with van der Waals surface area (Å²) in [6.45, 7) is 10.4. The van der Waals surface area contributed by atoms with Gasteiger partial charge in [0.05, 0.1) is 12.2 Å². The van der Waals surface area contributed by atoms with Crippen LogP contribution in [0.2, 0.25) is 0 Å². The molecule has 0 aromatic heterocycles.